The molecule has 0 fully saturated rings. The number of nitrogens with zero attached hydrogens (tertiary/aromatic N) is 2. The molecule has 7 nitrogen and oxygen atoms in total. The van der Waals surface area contributed by atoms with Gasteiger partial charge in [0.2, 0.25) is 0 Å². The molecule has 0 saturated carbocycles. The van der Waals surface area contributed by atoms with E-state index in [0.717, 1.165) is 5.39 Å². The second-order valence-corrected chi connectivity index (χ2v) is 8.80. The number of halogens is 1. The van der Waals surface area contributed by atoms with Crippen molar-refractivity contribution < 1.29 is 23.8 Å². The molecule has 33 heavy (non-hydrogen) atoms. The summed E-state index contributed by atoms with van der Waals surface area (Å²) in [6.45, 7) is 9.24. The molecule has 3 rings (SSSR count). The van der Waals surface area contributed by atoms with Crippen molar-refractivity contribution in [2.24, 2.45) is 0 Å². The van der Waals surface area contributed by atoms with Gasteiger partial charge in [0, 0.05) is 23.1 Å². The molecule has 0 N–H and O–H groups in total. The molecule has 0 unspecified atom stereocenters. The molecule has 1 aromatic heterocycles. The van der Waals surface area contributed by atoms with Gasteiger partial charge in [-0.1, -0.05) is 24.3 Å². The Hall–Kier alpha value is -3.45. The Balaban J connectivity index is 1.79. The molecule has 0 radical (unpaired) electrons. The fourth-order valence-corrected chi connectivity index (χ4v) is 3.31. The standard InChI is InChI=1S/C25H27ClN2O5/c1-6-13-31-23(29)27(5)19-8-10-21(11-9-19)32-16-20-15-17-14-18(26)7-12-22(17)28(20)24(30)33-25(2,3)4/h6-12,14-15H,1,13,16H2,2-5H3. The Labute approximate surface area is 198 Å². The number of benzene rings is 2. The first-order chi connectivity index (χ1) is 15.6. The lowest BCUT2D eigenvalue weighted by Gasteiger charge is -2.21. The minimum atomic E-state index is -0.646. The number of hydrogen-bond donors (Lipinski definition) is 0. The van der Waals surface area contributed by atoms with Crippen LogP contribution in [0.4, 0.5) is 15.3 Å². The van der Waals surface area contributed by atoms with Gasteiger partial charge in [0.15, 0.2) is 0 Å². The van der Waals surface area contributed by atoms with Gasteiger partial charge in [-0.3, -0.25) is 4.90 Å². The predicted octanol–water partition coefficient (Wildman–Crippen LogP) is 6.42. The van der Waals surface area contributed by atoms with Crippen molar-refractivity contribution in [1.29, 1.82) is 0 Å². The molecular formula is C25H27ClN2O5. The lowest BCUT2D eigenvalue weighted by molar-refractivity contribution is 0.0535. The highest BCUT2D eigenvalue weighted by atomic mass is 35.5. The molecule has 1 amide bonds. The molecule has 0 spiro atoms. The van der Waals surface area contributed by atoms with E-state index in [1.807, 2.05) is 26.8 Å². The van der Waals surface area contributed by atoms with Gasteiger partial charge in [-0.05, 0) is 69.3 Å². The quantitative estimate of drug-likeness (QED) is 0.389. The Kier molecular flexibility index (Phi) is 7.33. The summed E-state index contributed by atoms with van der Waals surface area (Å²) in [5.74, 6) is 0.575. The molecule has 0 aliphatic rings. The second kappa shape index (κ2) is 10.0. The summed E-state index contributed by atoms with van der Waals surface area (Å²) in [4.78, 5) is 26.3. The van der Waals surface area contributed by atoms with E-state index in [1.165, 1.54) is 15.5 Å². The van der Waals surface area contributed by atoms with Gasteiger partial charge in [-0.15, -0.1) is 0 Å². The maximum atomic E-state index is 12.9. The fourth-order valence-electron chi connectivity index (χ4n) is 3.13. The van der Waals surface area contributed by atoms with E-state index in [4.69, 9.17) is 25.8 Å². The minimum absolute atomic E-state index is 0.127. The molecule has 2 aromatic carbocycles. The van der Waals surface area contributed by atoms with E-state index in [9.17, 15) is 9.59 Å². The fraction of sp³-hybridized carbons (Fsp3) is 0.280. The number of anilines is 1. The van der Waals surface area contributed by atoms with Crippen molar-refractivity contribution in [3.8, 4) is 5.75 Å². The number of carbonyl (C=O) groups is 2. The summed E-state index contributed by atoms with van der Waals surface area (Å²) < 4.78 is 18.0. The van der Waals surface area contributed by atoms with Crippen LogP contribution in [-0.4, -0.2) is 36.0 Å². The topological polar surface area (TPSA) is 70.0 Å². The normalized spacial score (nSPS) is 11.2. The van der Waals surface area contributed by atoms with E-state index < -0.39 is 17.8 Å². The molecule has 0 bridgehead atoms. The van der Waals surface area contributed by atoms with E-state index in [-0.39, 0.29) is 13.2 Å². The second-order valence-electron chi connectivity index (χ2n) is 8.36. The zero-order chi connectivity index (χ0) is 24.2. The molecule has 8 heteroatoms. The third-order valence-electron chi connectivity index (χ3n) is 4.63. The highest BCUT2D eigenvalue weighted by Gasteiger charge is 2.22. The first kappa shape index (κ1) is 24.2. The summed E-state index contributed by atoms with van der Waals surface area (Å²) >= 11 is 6.13. The summed E-state index contributed by atoms with van der Waals surface area (Å²) in [6, 6.07) is 14.1. The van der Waals surface area contributed by atoms with Crippen LogP contribution in [0.2, 0.25) is 5.02 Å². The number of carbonyl (C=O) groups excluding carboxylic acids is 2. The molecule has 3 aromatic rings. The Morgan fingerprint density at radius 1 is 1.12 bits per heavy atom. The van der Waals surface area contributed by atoms with Crippen molar-refractivity contribution in [3.63, 3.8) is 0 Å². The van der Waals surface area contributed by atoms with Crippen LogP contribution in [0.5, 0.6) is 5.75 Å². The van der Waals surface area contributed by atoms with Crippen molar-refractivity contribution in [2.45, 2.75) is 33.0 Å². The zero-order valence-electron chi connectivity index (χ0n) is 19.1. The van der Waals surface area contributed by atoms with Gasteiger partial charge < -0.3 is 14.2 Å². The Morgan fingerprint density at radius 2 is 1.82 bits per heavy atom. The summed E-state index contributed by atoms with van der Waals surface area (Å²) in [5, 5.41) is 1.38. The smallest absolute Gasteiger partial charge is 0.419 e. The van der Waals surface area contributed by atoms with E-state index >= 15 is 0 Å². The molecule has 1 heterocycles. The maximum Gasteiger partial charge on any atom is 0.419 e. The van der Waals surface area contributed by atoms with Crippen molar-refractivity contribution in [1.82, 2.24) is 4.57 Å². The number of fused-ring (bicyclic) bond motifs is 1. The van der Waals surface area contributed by atoms with Gasteiger partial charge >= 0.3 is 12.2 Å². The van der Waals surface area contributed by atoms with Gasteiger partial charge in [-0.2, -0.15) is 0 Å². The number of rotatable bonds is 6. The van der Waals surface area contributed by atoms with Gasteiger partial charge in [0.1, 0.15) is 24.6 Å². The maximum absolute atomic E-state index is 12.9. The SMILES string of the molecule is C=CCOC(=O)N(C)c1ccc(OCc2cc3cc(Cl)ccc3n2C(=O)OC(C)(C)C)cc1. The first-order valence-electron chi connectivity index (χ1n) is 10.4. The van der Waals surface area contributed by atoms with Gasteiger partial charge in [0.25, 0.3) is 0 Å². The highest BCUT2D eigenvalue weighted by Crippen LogP contribution is 2.26. The van der Waals surface area contributed by atoms with Crippen molar-refractivity contribution in [2.75, 3.05) is 18.6 Å². The summed E-state index contributed by atoms with van der Waals surface area (Å²) in [5.41, 5.74) is 1.30. The molecule has 0 aliphatic carbocycles. The van der Waals surface area contributed by atoms with E-state index in [1.54, 1.807) is 49.5 Å². The Bertz CT molecular complexity index is 1160. The molecule has 0 aliphatic heterocycles. The van der Waals surface area contributed by atoms with Gasteiger partial charge in [-0.25, -0.2) is 14.2 Å². The summed E-state index contributed by atoms with van der Waals surface area (Å²) in [6.07, 6.45) is 0.533. The Morgan fingerprint density at radius 3 is 2.45 bits per heavy atom. The van der Waals surface area contributed by atoms with Crippen LogP contribution < -0.4 is 9.64 Å². The summed E-state index contributed by atoms with van der Waals surface area (Å²) in [7, 11) is 1.62. The van der Waals surface area contributed by atoms with E-state index in [0.29, 0.717) is 27.7 Å². The molecule has 0 saturated heterocycles. The number of hydrogen-bond acceptors (Lipinski definition) is 5. The van der Waals surface area contributed by atoms with Crippen LogP contribution in [0.1, 0.15) is 26.5 Å². The predicted molar refractivity (Wildman–Crippen MR) is 129 cm³/mol. The van der Waals surface area contributed by atoms with Crippen LogP contribution in [0.25, 0.3) is 10.9 Å². The number of ether oxygens (including phenoxy) is 3. The average molecular weight is 471 g/mol. The van der Waals surface area contributed by atoms with Crippen molar-refractivity contribution >= 4 is 40.4 Å². The molecular weight excluding hydrogens is 444 g/mol. The largest absolute Gasteiger partial charge is 0.487 e. The highest BCUT2D eigenvalue weighted by molar-refractivity contribution is 6.31. The van der Waals surface area contributed by atoms with Crippen LogP contribution >= 0.6 is 11.6 Å². The molecule has 174 valence electrons. The van der Waals surface area contributed by atoms with E-state index in [2.05, 4.69) is 6.58 Å². The zero-order valence-corrected chi connectivity index (χ0v) is 19.9. The average Bonchev–Trinajstić information content (AvgIpc) is 3.12. The monoisotopic (exact) mass is 470 g/mol. The first-order valence-corrected chi connectivity index (χ1v) is 10.7. The van der Waals surface area contributed by atoms with Crippen LogP contribution in [-0.2, 0) is 16.1 Å². The number of aromatic nitrogens is 1. The van der Waals surface area contributed by atoms with Crippen molar-refractivity contribution in [3.05, 3.63) is 71.9 Å². The van der Waals surface area contributed by atoms with Gasteiger partial charge in [0.05, 0.1) is 11.2 Å². The molecule has 0 atom stereocenters. The number of amides is 1. The lowest BCUT2D eigenvalue weighted by atomic mass is 10.2. The third kappa shape index (κ3) is 6.08. The van der Waals surface area contributed by atoms with Crippen LogP contribution in [0.15, 0.2) is 61.2 Å². The van der Waals surface area contributed by atoms with Crippen LogP contribution in [0, 0.1) is 0 Å². The lowest BCUT2D eigenvalue weighted by Crippen LogP contribution is -2.28. The third-order valence-corrected chi connectivity index (χ3v) is 4.86. The minimum Gasteiger partial charge on any atom is -0.487 e. The van der Waals surface area contributed by atoms with Crippen LogP contribution in [0.3, 0.4) is 0 Å².